The summed E-state index contributed by atoms with van der Waals surface area (Å²) in [4.78, 5) is 11.1. The molecule has 0 unspecified atom stereocenters. The van der Waals surface area contributed by atoms with Crippen LogP contribution in [0.5, 0.6) is 0 Å². The molecule has 0 amide bonds. The van der Waals surface area contributed by atoms with E-state index in [1.54, 1.807) is 13.0 Å². The Morgan fingerprint density at radius 2 is 2.33 bits per heavy atom. The van der Waals surface area contributed by atoms with Crippen LogP contribution in [0.15, 0.2) is 18.2 Å². The average Bonchev–Trinajstić information content (AvgIpc) is 2.36. The summed E-state index contributed by atoms with van der Waals surface area (Å²) in [6.45, 7) is 3.00. The Morgan fingerprint density at radius 3 is 3.00 bits per heavy atom. The minimum Gasteiger partial charge on any atom is -0.466 e. The van der Waals surface area contributed by atoms with Gasteiger partial charge in [-0.25, -0.2) is 4.39 Å². The molecule has 0 aliphatic carbocycles. The quantitative estimate of drug-likeness (QED) is 0.617. The highest BCUT2D eigenvalue weighted by Crippen LogP contribution is 2.09. The molecule has 5 heteroatoms. The number of rotatable bonds is 6. The molecule has 0 atom stereocenters. The maximum Gasteiger partial charge on any atom is 0.307 e. The van der Waals surface area contributed by atoms with E-state index < -0.39 is 5.82 Å². The lowest BCUT2D eigenvalue weighted by Crippen LogP contribution is -2.19. The zero-order chi connectivity index (χ0) is 13.4. The van der Waals surface area contributed by atoms with Crippen molar-refractivity contribution in [3.63, 3.8) is 0 Å². The van der Waals surface area contributed by atoms with E-state index in [-0.39, 0.29) is 12.4 Å². The third-order valence-electron chi connectivity index (χ3n) is 2.32. The second-order valence-corrected chi connectivity index (χ2v) is 3.65. The van der Waals surface area contributed by atoms with Crippen molar-refractivity contribution < 1.29 is 13.9 Å². The van der Waals surface area contributed by atoms with E-state index in [1.165, 1.54) is 12.1 Å². The lowest BCUT2D eigenvalue weighted by Gasteiger charge is -2.06. The van der Waals surface area contributed by atoms with Gasteiger partial charge in [-0.1, -0.05) is 6.07 Å². The minimum atomic E-state index is -0.429. The van der Waals surface area contributed by atoms with Crippen molar-refractivity contribution in [3.05, 3.63) is 35.1 Å². The summed E-state index contributed by atoms with van der Waals surface area (Å²) >= 11 is 0. The molecule has 96 valence electrons. The second-order valence-electron chi connectivity index (χ2n) is 3.65. The maximum atomic E-state index is 12.9. The fraction of sp³-hybridized carbons (Fsp3) is 0.385. The smallest absolute Gasteiger partial charge is 0.307 e. The van der Waals surface area contributed by atoms with Crippen LogP contribution >= 0.6 is 0 Å². The molecule has 0 bridgehead atoms. The molecule has 0 saturated heterocycles. The molecule has 0 heterocycles. The lowest BCUT2D eigenvalue weighted by molar-refractivity contribution is -0.142. The number of nitriles is 1. The van der Waals surface area contributed by atoms with Crippen LogP contribution < -0.4 is 5.32 Å². The number of hydrogen-bond acceptors (Lipinski definition) is 4. The van der Waals surface area contributed by atoms with Crippen molar-refractivity contribution >= 4 is 5.97 Å². The van der Waals surface area contributed by atoms with Crippen molar-refractivity contribution in [2.24, 2.45) is 0 Å². The average molecular weight is 250 g/mol. The van der Waals surface area contributed by atoms with Crippen LogP contribution in [0, 0.1) is 17.1 Å². The van der Waals surface area contributed by atoms with Crippen molar-refractivity contribution in [2.45, 2.75) is 19.9 Å². The largest absolute Gasteiger partial charge is 0.466 e. The van der Waals surface area contributed by atoms with Gasteiger partial charge in [0.05, 0.1) is 24.7 Å². The number of esters is 1. The van der Waals surface area contributed by atoms with E-state index in [1.807, 2.05) is 6.07 Å². The van der Waals surface area contributed by atoms with E-state index in [0.717, 1.165) is 0 Å². The maximum absolute atomic E-state index is 12.9. The number of halogens is 1. The molecule has 0 aliphatic heterocycles. The van der Waals surface area contributed by atoms with Crippen molar-refractivity contribution in [2.75, 3.05) is 13.2 Å². The Morgan fingerprint density at radius 1 is 1.56 bits per heavy atom. The highest BCUT2D eigenvalue weighted by atomic mass is 19.1. The van der Waals surface area contributed by atoms with Gasteiger partial charge in [0.1, 0.15) is 5.82 Å². The number of nitrogens with zero attached hydrogens (tertiary/aromatic N) is 1. The molecule has 1 aromatic carbocycles. The van der Waals surface area contributed by atoms with Gasteiger partial charge in [0.25, 0.3) is 0 Å². The van der Waals surface area contributed by atoms with Crippen LogP contribution in [0.2, 0.25) is 0 Å². The molecule has 0 aliphatic rings. The van der Waals surface area contributed by atoms with E-state index in [2.05, 4.69) is 5.32 Å². The summed E-state index contributed by atoms with van der Waals surface area (Å²) in [7, 11) is 0. The predicted octanol–water partition coefficient (Wildman–Crippen LogP) is 1.74. The highest BCUT2D eigenvalue weighted by molar-refractivity contribution is 5.69. The number of benzene rings is 1. The normalized spacial score (nSPS) is 9.83. The van der Waals surface area contributed by atoms with Crippen LogP contribution in [0.25, 0.3) is 0 Å². The summed E-state index contributed by atoms with van der Waals surface area (Å²) in [6, 6.07) is 6.00. The van der Waals surface area contributed by atoms with Gasteiger partial charge in [-0.15, -0.1) is 0 Å². The van der Waals surface area contributed by atoms with Crippen molar-refractivity contribution in [1.29, 1.82) is 5.26 Å². The van der Waals surface area contributed by atoms with Gasteiger partial charge in [-0.3, -0.25) is 4.79 Å². The predicted molar refractivity (Wildman–Crippen MR) is 64.1 cm³/mol. The zero-order valence-electron chi connectivity index (χ0n) is 10.2. The molecule has 18 heavy (non-hydrogen) atoms. The van der Waals surface area contributed by atoms with Crippen LogP contribution in [0.3, 0.4) is 0 Å². The summed E-state index contributed by atoms with van der Waals surface area (Å²) in [6.07, 6.45) is 0.275. The first kappa shape index (κ1) is 14.1. The zero-order valence-corrected chi connectivity index (χ0v) is 10.2. The third kappa shape index (κ3) is 4.52. The highest BCUT2D eigenvalue weighted by Gasteiger charge is 2.04. The monoisotopic (exact) mass is 250 g/mol. The van der Waals surface area contributed by atoms with E-state index in [0.29, 0.717) is 30.8 Å². The SMILES string of the molecule is CCOC(=O)CCNCc1ccc(F)cc1C#N. The molecule has 1 N–H and O–H groups in total. The number of nitrogens with one attached hydrogen (secondary N) is 1. The van der Waals surface area contributed by atoms with E-state index in [9.17, 15) is 9.18 Å². The van der Waals surface area contributed by atoms with Gasteiger partial charge in [0.2, 0.25) is 0 Å². The van der Waals surface area contributed by atoms with Gasteiger partial charge in [-0.05, 0) is 24.6 Å². The molecule has 0 saturated carbocycles. The van der Waals surface area contributed by atoms with Gasteiger partial charge >= 0.3 is 5.97 Å². The molecule has 0 fully saturated rings. The number of carbonyl (C=O) groups is 1. The fourth-order valence-electron chi connectivity index (χ4n) is 1.45. The van der Waals surface area contributed by atoms with E-state index in [4.69, 9.17) is 10.00 Å². The second kappa shape index (κ2) is 7.41. The number of hydrogen-bond donors (Lipinski definition) is 1. The summed E-state index contributed by atoms with van der Waals surface area (Å²) in [5.41, 5.74) is 1.02. The molecule has 4 nitrogen and oxygen atoms in total. The Labute approximate surface area is 105 Å². The third-order valence-corrected chi connectivity index (χ3v) is 2.32. The Balaban J connectivity index is 2.40. The van der Waals surface area contributed by atoms with Gasteiger partial charge in [-0.2, -0.15) is 5.26 Å². The first-order valence-corrected chi connectivity index (χ1v) is 5.72. The van der Waals surface area contributed by atoms with Crippen LogP contribution in [0.1, 0.15) is 24.5 Å². The Hall–Kier alpha value is -1.93. The Bertz CT molecular complexity index is 455. The fourth-order valence-corrected chi connectivity index (χ4v) is 1.45. The minimum absolute atomic E-state index is 0.260. The molecule has 0 aromatic heterocycles. The Kier molecular flexibility index (Phi) is 5.81. The summed E-state index contributed by atoms with van der Waals surface area (Å²) in [5.74, 6) is -0.688. The van der Waals surface area contributed by atoms with Crippen LogP contribution in [0.4, 0.5) is 4.39 Å². The summed E-state index contributed by atoms with van der Waals surface area (Å²) < 4.78 is 17.7. The molecular formula is C13H15FN2O2. The number of ether oxygens (including phenoxy) is 1. The topological polar surface area (TPSA) is 62.1 Å². The molecule has 1 rings (SSSR count). The van der Waals surface area contributed by atoms with Crippen molar-refractivity contribution in [1.82, 2.24) is 5.32 Å². The summed E-state index contributed by atoms with van der Waals surface area (Å²) in [5, 5.41) is 11.8. The van der Waals surface area contributed by atoms with Crippen molar-refractivity contribution in [3.8, 4) is 6.07 Å². The van der Waals surface area contributed by atoms with Gasteiger partial charge in [0, 0.05) is 13.1 Å². The number of carbonyl (C=O) groups excluding carboxylic acids is 1. The first-order chi connectivity index (χ1) is 8.67. The molecular weight excluding hydrogens is 235 g/mol. The first-order valence-electron chi connectivity index (χ1n) is 5.72. The van der Waals surface area contributed by atoms with Gasteiger partial charge < -0.3 is 10.1 Å². The molecule has 0 radical (unpaired) electrons. The van der Waals surface area contributed by atoms with E-state index >= 15 is 0 Å². The molecule has 0 spiro atoms. The lowest BCUT2D eigenvalue weighted by atomic mass is 10.1. The van der Waals surface area contributed by atoms with Gasteiger partial charge in [0.15, 0.2) is 0 Å². The van der Waals surface area contributed by atoms with Crippen LogP contribution in [-0.4, -0.2) is 19.1 Å². The standard InChI is InChI=1S/C13H15FN2O2/c1-2-18-13(17)5-6-16-9-10-3-4-12(14)7-11(10)8-15/h3-4,7,16H,2,5-6,9H2,1H3. The molecule has 1 aromatic rings. The van der Waals surface area contributed by atoms with Crippen LogP contribution in [-0.2, 0) is 16.1 Å².